The molecule has 61 heavy (non-hydrogen) atoms. The number of nitrogens with one attached hydrogen (secondary N) is 3. The van der Waals surface area contributed by atoms with Gasteiger partial charge < -0.3 is 25.0 Å². The third-order valence-corrected chi connectivity index (χ3v) is 14.9. The largest absolute Gasteiger partial charge is 0.497 e. The average molecular weight is 862 g/mol. The van der Waals surface area contributed by atoms with Crippen LogP contribution in [0.3, 0.4) is 0 Å². The van der Waals surface area contributed by atoms with Crippen molar-refractivity contribution in [3.63, 3.8) is 0 Å². The first-order chi connectivity index (χ1) is 29.1. The monoisotopic (exact) mass is 861 g/mol. The van der Waals surface area contributed by atoms with Gasteiger partial charge in [-0.3, -0.25) is 19.1 Å². The van der Waals surface area contributed by atoms with Crippen molar-refractivity contribution < 1.29 is 45.4 Å². The van der Waals surface area contributed by atoms with Crippen molar-refractivity contribution in [3.05, 3.63) is 84.4 Å². The number of carbonyl (C=O) groups is 3. The molecule has 3 N–H and O–H groups in total. The molecule has 2 aliphatic heterocycles. The van der Waals surface area contributed by atoms with E-state index in [1.807, 2.05) is 36.4 Å². The number of aromatic nitrogens is 1. The molecule has 2 saturated heterocycles. The molecular weight excluding hydrogens is 812 g/mol. The molecule has 16 heteroatoms. The number of methoxy groups -OCH3 is 1. The van der Waals surface area contributed by atoms with Gasteiger partial charge in [-0.15, -0.1) is 0 Å². The lowest BCUT2D eigenvalue weighted by Crippen LogP contribution is -2.58. The van der Waals surface area contributed by atoms with E-state index >= 15 is 0 Å². The number of anilines is 1. The van der Waals surface area contributed by atoms with Gasteiger partial charge in [-0.05, 0) is 75.3 Å². The van der Waals surface area contributed by atoms with Crippen LogP contribution in [0.15, 0.2) is 78.9 Å². The maximum Gasteiger partial charge on any atom is 0.416 e. The van der Waals surface area contributed by atoms with Crippen LogP contribution in [-0.4, -0.2) is 78.2 Å². The second-order valence-electron chi connectivity index (χ2n) is 17.1. The van der Waals surface area contributed by atoms with Crippen LogP contribution in [-0.2, 0) is 30.6 Å². The number of ether oxygens (including phenoxy) is 2. The zero-order chi connectivity index (χ0) is 43.2. The quantitative estimate of drug-likeness (QED) is 0.156. The summed E-state index contributed by atoms with van der Waals surface area (Å²) in [4.78, 5) is 49.8. The highest BCUT2D eigenvalue weighted by atomic mass is 32.2. The Kier molecular flexibility index (Phi) is 11.4. The fourth-order valence-electron chi connectivity index (χ4n) is 8.68. The second kappa shape index (κ2) is 16.5. The van der Waals surface area contributed by atoms with Crippen LogP contribution in [0.5, 0.6) is 11.5 Å². The number of fused-ring (bicyclic) bond motifs is 3. The molecule has 4 aromatic rings. The lowest BCUT2D eigenvalue weighted by Gasteiger charge is -2.30. The molecule has 0 bridgehead atoms. The Morgan fingerprint density at radius 1 is 0.934 bits per heavy atom. The summed E-state index contributed by atoms with van der Waals surface area (Å²) in [5.74, 6) is -1.23. The lowest BCUT2D eigenvalue weighted by molar-refractivity contribution is -0.140. The highest BCUT2D eigenvalue weighted by Gasteiger charge is 2.63. The molecule has 5 atom stereocenters. The summed E-state index contributed by atoms with van der Waals surface area (Å²) in [6, 6.07) is 19.2. The Hall–Kier alpha value is -5.38. The number of pyridine rings is 1. The van der Waals surface area contributed by atoms with E-state index in [9.17, 15) is 36.0 Å². The molecule has 2 aliphatic carbocycles. The molecule has 3 heterocycles. The van der Waals surface area contributed by atoms with Gasteiger partial charge in [0.15, 0.2) is 0 Å². The maximum atomic E-state index is 14.9. The van der Waals surface area contributed by atoms with Gasteiger partial charge in [0.2, 0.25) is 21.8 Å². The number of sulfonamides is 1. The third-order valence-electron chi connectivity index (χ3n) is 12.8. The molecule has 2 saturated carbocycles. The fraction of sp³-hybridized carbons (Fsp3) is 0.467. The summed E-state index contributed by atoms with van der Waals surface area (Å²) < 4.78 is 81.3. The van der Waals surface area contributed by atoms with Gasteiger partial charge in [-0.25, -0.2) is 13.4 Å². The van der Waals surface area contributed by atoms with E-state index in [-0.39, 0.29) is 37.4 Å². The van der Waals surface area contributed by atoms with Crippen molar-refractivity contribution in [2.45, 2.75) is 112 Å². The number of benzene rings is 3. The molecule has 0 spiro atoms. The summed E-state index contributed by atoms with van der Waals surface area (Å²) in [5.41, 5.74) is -0.227. The number of amides is 3. The molecule has 4 fully saturated rings. The van der Waals surface area contributed by atoms with Crippen LogP contribution < -0.4 is 24.8 Å². The molecule has 0 radical (unpaired) electrons. The highest BCUT2D eigenvalue weighted by Crippen LogP contribution is 2.49. The topological polar surface area (TPSA) is 156 Å². The molecule has 324 valence electrons. The molecule has 3 amide bonds. The van der Waals surface area contributed by atoms with E-state index in [1.165, 1.54) is 17.0 Å². The van der Waals surface area contributed by atoms with Crippen molar-refractivity contribution in [1.29, 1.82) is 0 Å². The SMILES string of the molecule is COc1ccc2c(O[C@@H]3C[C@H]4C(=O)N[C@]5(C(=O)NS(=O)(=O)C6(C)CC6)C[C@H]5CCCCCCC[C@H](Nc5cccc(C(F)(F)F)c5)C(=O)N4C3)cc(-c3ccccc3)nc2c1. The Labute approximate surface area is 353 Å². The Morgan fingerprint density at radius 3 is 2.39 bits per heavy atom. The number of halogens is 3. The summed E-state index contributed by atoms with van der Waals surface area (Å²) in [5, 5.41) is 6.66. The van der Waals surface area contributed by atoms with E-state index in [2.05, 4.69) is 15.4 Å². The molecular formula is C45H50F3N5O7S. The Morgan fingerprint density at radius 2 is 1.67 bits per heavy atom. The van der Waals surface area contributed by atoms with Gasteiger partial charge in [0.1, 0.15) is 35.2 Å². The number of carbonyl (C=O) groups excluding carboxylic acids is 3. The van der Waals surface area contributed by atoms with Crippen molar-refractivity contribution in [3.8, 4) is 22.8 Å². The number of nitrogens with zero attached hydrogens (tertiary/aromatic N) is 2. The van der Waals surface area contributed by atoms with Gasteiger partial charge in [-0.2, -0.15) is 13.2 Å². The smallest absolute Gasteiger partial charge is 0.416 e. The van der Waals surface area contributed by atoms with E-state index in [0.29, 0.717) is 53.8 Å². The minimum Gasteiger partial charge on any atom is -0.497 e. The minimum atomic E-state index is -4.60. The van der Waals surface area contributed by atoms with Crippen molar-refractivity contribution in [2.75, 3.05) is 19.0 Å². The maximum absolute atomic E-state index is 14.9. The van der Waals surface area contributed by atoms with Crippen molar-refractivity contribution in [2.24, 2.45) is 5.92 Å². The summed E-state index contributed by atoms with van der Waals surface area (Å²) in [7, 11) is -2.47. The Bertz CT molecular complexity index is 2430. The third kappa shape index (κ3) is 8.86. The van der Waals surface area contributed by atoms with Crippen LogP contribution in [0.2, 0.25) is 0 Å². The molecule has 8 rings (SSSR count). The fourth-order valence-corrected chi connectivity index (χ4v) is 9.99. The number of hydrogen-bond acceptors (Lipinski definition) is 9. The number of alkyl halides is 3. The second-order valence-corrected chi connectivity index (χ2v) is 19.3. The predicted molar refractivity (Wildman–Crippen MR) is 223 cm³/mol. The van der Waals surface area contributed by atoms with Gasteiger partial charge in [0.05, 0.1) is 35.2 Å². The molecule has 12 nitrogen and oxygen atoms in total. The normalized spacial score (nSPS) is 25.6. The summed E-state index contributed by atoms with van der Waals surface area (Å²) in [6.07, 6.45) is 0.318. The zero-order valence-electron chi connectivity index (χ0n) is 34.1. The standard InChI is InChI=1S/C45H50F3N5O7S/c1-43(20-21-43)61(57,58)52-42(56)44-26-30(44)14-9-4-3-5-10-17-35(49-31-16-11-15-29(22-31)45(46,47)48)41(55)53-27-33(24-38(53)40(54)51-44)60-39-25-36(28-12-7-6-8-13-28)50-37-23-32(59-2)18-19-34(37)39/h6-8,11-13,15-16,18-19,22-23,25,30,33,35,38,49H,3-5,9-10,14,17,20-21,24,26-27H2,1-2H3,(H,51,54)(H,52,56)/t30-,33-,35+,38+,44-/m1/s1. The van der Waals surface area contributed by atoms with Crippen molar-refractivity contribution in [1.82, 2.24) is 19.9 Å². The average Bonchev–Trinajstić information content (AvgIpc) is 4.12. The van der Waals surface area contributed by atoms with Crippen LogP contribution in [0.25, 0.3) is 22.2 Å². The van der Waals surface area contributed by atoms with Gasteiger partial charge in [0, 0.05) is 35.2 Å². The van der Waals surface area contributed by atoms with E-state index in [1.54, 1.807) is 32.2 Å². The van der Waals surface area contributed by atoms with Crippen LogP contribution in [0, 0.1) is 5.92 Å². The van der Waals surface area contributed by atoms with E-state index in [0.717, 1.165) is 43.4 Å². The summed E-state index contributed by atoms with van der Waals surface area (Å²) >= 11 is 0. The van der Waals surface area contributed by atoms with Gasteiger partial charge in [-0.1, -0.05) is 68.5 Å². The van der Waals surface area contributed by atoms with Crippen molar-refractivity contribution >= 4 is 44.3 Å². The number of hydrogen-bond donors (Lipinski definition) is 3. The molecule has 0 unspecified atom stereocenters. The van der Waals surface area contributed by atoms with Gasteiger partial charge in [0.25, 0.3) is 5.91 Å². The first-order valence-corrected chi connectivity index (χ1v) is 22.4. The lowest BCUT2D eigenvalue weighted by atomic mass is 10.0. The first-order valence-electron chi connectivity index (χ1n) is 20.9. The molecule has 4 aliphatic rings. The molecule has 3 aromatic carbocycles. The van der Waals surface area contributed by atoms with Crippen LogP contribution >= 0.6 is 0 Å². The minimum absolute atomic E-state index is 0.00717. The highest BCUT2D eigenvalue weighted by molar-refractivity contribution is 7.91. The van der Waals surface area contributed by atoms with E-state index < -0.39 is 68.0 Å². The Balaban J connectivity index is 1.14. The molecule has 1 aromatic heterocycles. The predicted octanol–water partition coefficient (Wildman–Crippen LogP) is 7.38. The van der Waals surface area contributed by atoms with Crippen LogP contribution in [0.4, 0.5) is 18.9 Å². The summed E-state index contributed by atoms with van der Waals surface area (Å²) in [6.45, 7) is 1.52. The zero-order valence-corrected chi connectivity index (χ0v) is 34.9. The number of rotatable bonds is 9. The first kappa shape index (κ1) is 42.3. The van der Waals surface area contributed by atoms with Crippen LogP contribution in [0.1, 0.15) is 83.1 Å². The van der Waals surface area contributed by atoms with Gasteiger partial charge >= 0.3 is 6.18 Å². The van der Waals surface area contributed by atoms with E-state index in [4.69, 9.17) is 14.5 Å².